The van der Waals surface area contributed by atoms with Crippen LogP contribution in [-0.4, -0.2) is 17.3 Å². The molecule has 1 N–H and O–H groups in total. The quantitative estimate of drug-likeness (QED) is 0.481. The molecule has 0 radical (unpaired) electrons. The number of aliphatic carboxylic acids is 1. The molecule has 130 valence electrons. The molecule has 3 aromatic rings. The zero-order valence-corrected chi connectivity index (χ0v) is 14.3. The van der Waals surface area contributed by atoms with E-state index in [4.69, 9.17) is 14.4 Å². The number of carboxylic acid groups (broad SMARTS) is 1. The lowest BCUT2D eigenvalue weighted by Gasteiger charge is -2.11. The monoisotopic (exact) mass is 339 g/mol. The summed E-state index contributed by atoms with van der Waals surface area (Å²) in [6.07, 6.45) is 2.40. The van der Waals surface area contributed by atoms with E-state index in [1.807, 2.05) is 36.4 Å². The Balaban J connectivity index is 1.77. The van der Waals surface area contributed by atoms with Crippen LogP contribution in [0.2, 0.25) is 0 Å². The molecule has 0 amide bonds. The minimum absolute atomic E-state index is 0.0520. The van der Waals surface area contributed by atoms with Crippen LogP contribution in [0.4, 0.5) is 0 Å². The third-order valence-electron chi connectivity index (χ3n) is 3.99. The van der Waals surface area contributed by atoms with E-state index in [1.54, 1.807) is 12.3 Å². The fourth-order valence-electron chi connectivity index (χ4n) is 2.97. The van der Waals surface area contributed by atoms with E-state index >= 15 is 0 Å². The van der Waals surface area contributed by atoms with Gasteiger partial charge in [-0.05, 0) is 36.6 Å². The number of fused-ring (bicyclic) bond motifs is 3. The molecule has 0 bridgehead atoms. The van der Waals surface area contributed by atoms with E-state index in [0.717, 1.165) is 28.4 Å². The molecule has 5 nitrogen and oxygen atoms in total. The molecular formula is C20H21NO4. The molecule has 0 aliphatic heterocycles. The third-order valence-corrected chi connectivity index (χ3v) is 3.99. The SMILES string of the molecule is CC(C)CC(/C=N/Oc1ccc2oc3ccccc3c2c1)CC(=O)O. The summed E-state index contributed by atoms with van der Waals surface area (Å²) in [7, 11) is 0. The van der Waals surface area contributed by atoms with Crippen LogP contribution in [0.1, 0.15) is 26.7 Å². The number of furan rings is 1. The second kappa shape index (κ2) is 7.38. The summed E-state index contributed by atoms with van der Waals surface area (Å²) < 4.78 is 5.78. The minimum atomic E-state index is -0.830. The van der Waals surface area contributed by atoms with Crippen molar-refractivity contribution in [2.24, 2.45) is 17.0 Å². The average molecular weight is 339 g/mol. The van der Waals surface area contributed by atoms with Crippen molar-refractivity contribution in [2.75, 3.05) is 0 Å². The smallest absolute Gasteiger partial charge is 0.304 e. The predicted octanol–water partition coefficient (Wildman–Crippen LogP) is 5.09. The van der Waals surface area contributed by atoms with E-state index in [2.05, 4.69) is 19.0 Å². The van der Waals surface area contributed by atoms with Crippen LogP contribution in [0.25, 0.3) is 21.9 Å². The van der Waals surface area contributed by atoms with Gasteiger partial charge >= 0.3 is 5.97 Å². The molecule has 25 heavy (non-hydrogen) atoms. The molecule has 1 atom stereocenters. The van der Waals surface area contributed by atoms with E-state index in [1.165, 1.54) is 0 Å². The van der Waals surface area contributed by atoms with E-state index < -0.39 is 5.97 Å². The van der Waals surface area contributed by atoms with Gasteiger partial charge in [-0.1, -0.05) is 37.2 Å². The van der Waals surface area contributed by atoms with Crippen LogP contribution < -0.4 is 4.84 Å². The number of oxime groups is 1. The van der Waals surface area contributed by atoms with Crippen molar-refractivity contribution in [3.63, 3.8) is 0 Å². The standard InChI is InChI=1S/C20H21NO4/c1-13(2)9-14(10-20(22)23)12-21-25-15-7-8-19-17(11-15)16-5-3-4-6-18(16)24-19/h3-8,11-14H,9-10H2,1-2H3,(H,22,23)/b21-12+. The maximum Gasteiger partial charge on any atom is 0.304 e. The Morgan fingerprint density at radius 1 is 1.20 bits per heavy atom. The Kier molecular flexibility index (Phi) is 5.03. The van der Waals surface area contributed by atoms with Crippen LogP contribution in [0.5, 0.6) is 5.75 Å². The van der Waals surface area contributed by atoms with E-state index in [0.29, 0.717) is 11.7 Å². The molecule has 0 aliphatic carbocycles. The van der Waals surface area contributed by atoms with E-state index in [-0.39, 0.29) is 12.3 Å². The van der Waals surface area contributed by atoms with Gasteiger partial charge in [0.25, 0.3) is 0 Å². The van der Waals surface area contributed by atoms with Crippen molar-refractivity contribution < 1.29 is 19.2 Å². The van der Waals surface area contributed by atoms with Crippen LogP contribution >= 0.6 is 0 Å². The van der Waals surface area contributed by atoms with Gasteiger partial charge in [0, 0.05) is 22.9 Å². The third kappa shape index (κ3) is 4.18. The van der Waals surface area contributed by atoms with Crippen LogP contribution in [0.15, 0.2) is 52.0 Å². The highest BCUT2D eigenvalue weighted by molar-refractivity contribution is 6.05. The summed E-state index contributed by atoms with van der Waals surface area (Å²) >= 11 is 0. The number of para-hydroxylation sites is 1. The number of nitrogens with zero attached hydrogens (tertiary/aromatic N) is 1. The van der Waals surface area contributed by atoms with E-state index in [9.17, 15) is 4.79 Å². The molecule has 1 aromatic heterocycles. The van der Waals surface area contributed by atoms with Gasteiger partial charge in [0.2, 0.25) is 0 Å². The van der Waals surface area contributed by atoms with Gasteiger partial charge in [-0.15, -0.1) is 0 Å². The Labute approximate surface area is 145 Å². The lowest BCUT2D eigenvalue weighted by atomic mass is 9.95. The van der Waals surface area contributed by atoms with Crippen LogP contribution in [-0.2, 0) is 4.79 Å². The average Bonchev–Trinajstić information content (AvgIpc) is 2.91. The number of carbonyl (C=O) groups is 1. The molecule has 0 saturated carbocycles. The summed E-state index contributed by atoms with van der Waals surface area (Å²) in [5, 5.41) is 15.0. The molecule has 0 spiro atoms. The van der Waals surface area contributed by atoms with Gasteiger partial charge in [-0.3, -0.25) is 4.79 Å². The summed E-state index contributed by atoms with van der Waals surface area (Å²) in [6, 6.07) is 13.3. The largest absolute Gasteiger partial charge is 0.481 e. The Bertz CT molecular complexity index is 910. The number of hydrogen-bond donors (Lipinski definition) is 1. The Morgan fingerprint density at radius 3 is 2.72 bits per heavy atom. The second-order valence-corrected chi connectivity index (χ2v) is 6.59. The van der Waals surface area contributed by atoms with Crippen molar-refractivity contribution >= 4 is 34.1 Å². The molecule has 2 aromatic carbocycles. The molecular weight excluding hydrogens is 318 g/mol. The first-order valence-corrected chi connectivity index (χ1v) is 8.36. The number of benzene rings is 2. The summed E-state index contributed by atoms with van der Waals surface area (Å²) in [5.74, 6) is 0.0118. The Morgan fingerprint density at radius 2 is 1.96 bits per heavy atom. The maximum absolute atomic E-state index is 11.0. The van der Waals surface area contributed by atoms with Crippen molar-refractivity contribution in [2.45, 2.75) is 26.7 Å². The fraction of sp³-hybridized carbons (Fsp3) is 0.300. The summed E-state index contributed by atoms with van der Waals surface area (Å²) in [6.45, 7) is 4.11. The second-order valence-electron chi connectivity index (χ2n) is 6.59. The van der Waals surface area contributed by atoms with Gasteiger partial charge < -0.3 is 14.4 Å². The first-order chi connectivity index (χ1) is 12.0. The maximum atomic E-state index is 11.0. The topological polar surface area (TPSA) is 72.0 Å². The summed E-state index contributed by atoms with van der Waals surface area (Å²) in [5.41, 5.74) is 1.62. The first kappa shape index (κ1) is 17.0. The van der Waals surface area contributed by atoms with Crippen molar-refractivity contribution in [3.8, 4) is 5.75 Å². The molecule has 1 unspecified atom stereocenters. The normalized spacial score (nSPS) is 13.1. The number of hydrogen-bond acceptors (Lipinski definition) is 4. The minimum Gasteiger partial charge on any atom is -0.481 e. The van der Waals surface area contributed by atoms with Crippen molar-refractivity contribution in [3.05, 3.63) is 42.5 Å². The molecule has 0 aliphatic rings. The van der Waals surface area contributed by atoms with Gasteiger partial charge in [-0.2, -0.15) is 0 Å². The highest BCUT2D eigenvalue weighted by Crippen LogP contribution is 2.31. The fourth-order valence-corrected chi connectivity index (χ4v) is 2.97. The molecule has 0 saturated heterocycles. The van der Waals surface area contributed by atoms with Gasteiger partial charge in [-0.25, -0.2) is 0 Å². The Hall–Kier alpha value is -2.82. The van der Waals surface area contributed by atoms with Gasteiger partial charge in [0.15, 0.2) is 5.75 Å². The first-order valence-electron chi connectivity index (χ1n) is 8.36. The zero-order chi connectivity index (χ0) is 17.8. The highest BCUT2D eigenvalue weighted by atomic mass is 16.6. The zero-order valence-electron chi connectivity index (χ0n) is 14.3. The highest BCUT2D eigenvalue weighted by Gasteiger charge is 2.13. The molecule has 5 heteroatoms. The number of carboxylic acids is 1. The lowest BCUT2D eigenvalue weighted by molar-refractivity contribution is -0.137. The molecule has 0 fully saturated rings. The predicted molar refractivity (Wildman–Crippen MR) is 98.0 cm³/mol. The van der Waals surface area contributed by atoms with Crippen molar-refractivity contribution in [1.82, 2.24) is 0 Å². The van der Waals surface area contributed by atoms with Crippen molar-refractivity contribution in [1.29, 1.82) is 0 Å². The van der Waals surface area contributed by atoms with Gasteiger partial charge in [0.05, 0.1) is 6.42 Å². The van der Waals surface area contributed by atoms with Crippen LogP contribution in [0, 0.1) is 11.8 Å². The molecule has 1 heterocycles. The van der Waals surface area contributed by atoms with Crippen LogP contribution in [0.3, 0.4) is 0 Å². The number of rotatable bonds is 7. The molecule has 3 rings (SSSR count). The van der Waals surface area contributed by atoms with Gasteiger partial charge in [0.1, 0.15) is 11.2 Å². The summed E-state index contributed by atoms with van der Waals surface area (Å²) in [4.78, 5) is 16.4. The lowest BCUT2D eigenvalue weighted by Crippen LogP contribution is -2.12.